The lowest BCUT2D eigenvalue weighted by Crippen LogP contribution is -2.05. The lowest BCUT2D eigenvalue weighted by molar-refractivity contribution is 0.0689. The van der Waals surface area contributed by atoms with Gasteiger partial charge in [-0.3, -0.25) is 0 Å². The first kappa shape index (κ1) is 23.6. The van der Waals surface area contributed by atoms with E-state index in [0.717, 1.165) is 44.7 Å². The second-order valence-corrected chi connectivity index (χ2v) is 9.06. The number of hydrogen-bond donors (Lipinski definition) is 1. The molecule has 0 unspecified atom stereocenters. The predicted octanol–water partition coefficient (Wildman–Crippen LogP) is 6.69. The Labute approximate surface area is 213 Å². The Morgan fingerprint density at radius 2 is 1.75 bits per heavy atom. The SMILES string of the molecule is Cc1cc(COc2cccc(C(=O)O)n2)cc2c1nc(C)n2Cc1ccc(-c2ccccc2)cc1Cl. The second-order valence-electron chi connectivity index (χ2n) is 8.65. The molecular weight excluding hydrogens is 474 g/mol. The van der Waals surface area contributed by atoms with Crippen LogP contribution < -0.4 is 4.74 Å². The summed E-state index contributed by atoms with van der Waals surface area (Å²) < 4.78 is 7.95. The van der Waals surface area contributed by atoms with Gasteiger partial charge in [-0.15, -0.1) is 0 Å². The minimum absolute atomic E-state index is 0.0528. The summed E-state index contributed by atoms with van der Waals surface area (Å²) in [6, 6.07) is 25.1. The highest BCUT2D eigenvalue weighted by Crippen LogP contribution is 2.29. The number of aromatic carboxylic acids is 1. The smallest absolute Gasteiger partial charge is 0.354 e. The fraction of sp³-hybridized carbons (Fsp3) is 0.138. The van der Waals surface area contributed by atoms with Gasteiger partial charge in [0.1, 0.15) is 12.4 Å². The molecule has 1 N–H and O–H groups in total. The summed E-state index contributed by atoms with van der Waals surface area (Å²) in [5, 5.41) is 9.87. The number of halogens is 1. The number of pyridine rings is 1. The van der Waals surface area contributed by atoms with Crippen molar-refractivity contribution in [3.8, 4) is 17.0 Å². The first-order valence-electron chi connectivity index (χ1n) is 11.5. The fourth-order valence-corrected chi connectivity index (χ4v) is 4.53. The van der Waals surface area contributed by atoms with Crippen LogP contribution in [0.1, 0.15) is 33.0 Å². The number of nitrogens with zero attached hydrogens (tertiary/aromatic N) is 3. The van der Waals surface area contributed by atoms with Gasteiger partial charge in [0.2, 0.25) is 5.88 Å². The molecule has 0 saturated heterocycles. The maximum atomic E-state index is 11.2. The van der Waals surface area contributed by atoms with Gasteiger partial charge < -0.3 is 14.4 Å². The molecule has 3 aromatic carbocycles. The number of ether oxygens (including phenoxy) is 1. The largest absolute Gasteiger partial charge is 0.477 e. The number of imidazole rings is 1. The molecule has 2 aromatic heterocycles. The molecule has 5 aromatic rings. The van der Waals surface area contributed by atoms with E-state index in [0.29, 0.717) is 11.6 Å². The summed E-state index contributed by atoms with van der Waals surface area (Å²) in [5.41, 5.74) is 7.04. The zero-order valence-corrected chi connectivity index (χ0v) is 20.7. The number of carboxylic acid groups (broad SMARTS) is 1. The standard InChI is InChI=1S/C29H24ClN3O3/c1-18-13-20(17-36-27-10-6-9-25(32-27)29(34)35)14-26-28(18)31-19(2)33(26)16-23-12-11-22(15-24(23)30)21-7-4-3-5-8-21/h3-15H,16-17H2,1-2H3,(H,34,35). The van der Waals surface area contributed by atoms with E-state index < -0.39 is 5.97 Å². The molecule has 0 aliphatic rings. The lowest BCUT2D eigenvalue weighted by Gasteiger charge is -2.12. The molecule has 2 heterocycles. The summed E-state index contributed by atoms with van der Waals surface area (Å²) in [7, 11) is 0. The minimum Gasteiger partial charge on any atom is -0.477 e. The summed E-state index contributed by atoms with van der Waals surface area (Å²) in [5.74, 6) is 0.0698. The zero-order chi connectivity index (χ0) is 25.2. The van der Waals surface area contributed by atoms with E-state index >= 15 is 0 Å². The fourth-order valence-electron chi connectivity index (χ4n) is 4.29. The van der Waals surface area contributed by atoms with E-state index in [4.69, 9.17) is 26.4 Å². The Bertz CT molecular complexity index is 1580. The Hall–Kier alpha value is -4.16. The summed E-state index contributed by atoms with van der Waals surface area (Å²) in [6.07, 6.45) is 0. The average molecular weight is 498 g/mol. The minimum atomic E-state index is -1.09. The van der Waals surface area contributed by atoms with Crippen LogP contribution in [-0.2, 0) is 13.2 Å². The average Bonchev–Trinajstić information content (AvgIpc) is 3.20. The van der Waals surface area contributed by atoms with E-state index in [2.05, 4.69) is 39.9 Å². The van der Waals surface area contributed by atoms with Gasteiger partial charge in [-0.2, -0.15) is 0 Å². The van der Waals surface area contributed by atoms with E-state index in [1.807, 2.05) is 44.2 Å². The van der Waals surface area contributed by atoms with Crippen LogP contribution in [0, 0.1) is 13.8 Å². The van der Waals surface area contributed by atoms with Crippen LogP contribution in [-0.4, -0.2) is 25.6 Å². The Morgan fingerprint density at radius 3 is 2.50 bits per heavy atom. The molecule has 0 radical (unpaired) electrons. The van der Waals surface area contributed by atoms with Crippen LogP contribution in [0.4, 0.5) is 0 Å². The number of fused-ring (bicyclic) bond motifs is 1. The number of rotatable bonds is 7. The van der Waals surface area contributed by atoms with Crippen LogP contribution in [0.2, 0.25) is 5.02 Å². The van der Waals surface area contributed by atoms with Crippen molar-refractivity contribution in [3.63, 3.8) is 0 Å². The molecule has 0 spiro atoms. The number of carbonyl (C=O) groups is 1. The molecule has 0 bridgehead atoms. The van der Waals surface area contributed by atoms with E-state index in [-0.39, 0.29) is 18.2 Å². The van der Waals surface area contributed by atoms with Crippen LogP contribution in [0.3, 0.4) is 0 Å². The maximum absolute atomic E-state index is 11.2. The van der Waals surface area contributed by atoms with Gasteiger partial charge in [0.05, 0.1) is 17.6 Å². The second kappa shape index (κ2) is 9.84. The Balaban J connectivity index is 1.43. The van der Waals surface area contributed by atoms with Crippen molar-refractivity contribution in [2.75, 3.05) is 0 Å². The quantitative estimate of drug-likeness (QED) is 0.271. The normalized spacial score (nSPS) is 11.1. The monoisotopic (exact) mass is 497 g/mol. The molecule has 0 atom stereocenters. The lowest BCUT2D eigenvalue weighted by atomic mass is 10.0. The predicted molar refractivity (Wildman–Crippen MR) is 141 cm³/mol. The van der Waals surface area contributed by atoms with Crippen molar-refractivity contribution in [1.29, 1.82) is 0 Å². The molecule has 36 heavy (non-hydrogen) atoms. The van der Waals surface area contributed by atoms with Gasteiger partial charge in [-0.05, 0) is 59.9 Å². The molecule has 0 amide bonds. The van der Waals surface area contributed by atoms with Crippen molar-refractivity contribution in [2.45, 2.75) is 27.0 Å². The molecule has 6 nitrogen and oxygen atoms in total. The van der Waals surface area contributed by atoms with Crippen molar-refractivity contribution in [3.05, 3.63) is 112 Å². The highest BCUT2D eigenvalue weighted by Gasteiger charge is 2.14. The topological polar surface area (TPSA) is 77.2 Å². The first-order chi connectivity index (χ1) is 17.4. The van der Waals surface area contributed by atoms with Gasteiger partial charge in [0.25, 0.3) is 0 Å². The van der Waals surface area contributed by atoms with Crippen molar-refractivity contribution < 1.29 is 14.6 Å². The molecule has 0 saturated carbocycles. The highest BCUT2D eigenvalue weighted by molar-refractivity contribution is 6.31. The third-order valence-corrected chi connectivity index (χ3v) is 6.47. The highest BCUT2D eigenvalue weighted by atomic mass is 35.5. The van der Waals surface area contributed by atoms with Gasteiger partial charge in [-0.25, -0.2) is 14.8 Å². The molecule has 5 rings (SSSR count). The van der Waals surface area contributed by atoms with Crippen LogP contribution in [0.25, 0.3) is 22.2 Å². The van der Waals surface area contributed by atoms with Crippen LogP contribution in [0.15, 0.2) is 78.9 Å². The van der Waals surface area contributed by atoms with Gasteiger partial charge >= 0.3 is 5.97 Å². The molecule has 0 aliphatic carbocycles. The third kappa shape index (κ3) is 4.81. The van der Waals surface area contributed by atoms with Crippen molar-refractivity contribution in [2.24, 2.45) is 0 Å². The Morgan fingerprint density at radius 1 is 0.944 bits per heavy atom. The maximum Gasteiger partial charge on any atom is 0.354 e. The summed E-state index contributed by atoms with van der Waals surface area (Å²) >= 11 is 6.71. The number of carboxylic acids is 1. The number of aryl methyl sites for hydroxylation is 2. The molecule has 7 heteroatoms. The molecular formula is C29H24ClN3O3. The Kier molecular flexibility index (Phi) is 6.44. The number of benzene rings is 3. The van der Waals surface area contributed by atoms with E-state index in [1.54, 1.807) is 12.1 Å². The molecule has 180 valence electrons. The number of aromatic nitrogens is 3. The van der Waals surface area contributed by atoms with Crippen LogP contribution >= 0.6 is 11.6 Å². The summed E-state index contributed by atoms with van der Waals surface area (Å²) in [6.45, 7) is 4.85. The first-order valence-corrected chi connectivity index (χ1v) is 11.9. The van der Waals surface area contributed by atoms with Gasteiger partial charge in [0, 0.05) is 11.1 Å². The molecule has 0 aliphatic heterocycles. The van der Waals surface area contributed by atoms with Gasteiger partial charge in [0.15, 0.2) is 5.69 Å². The van der Waals surface area contributed by atoms with E-state index in [9.17, 15) is 4.79 Å². The van der Waals surface area contributed by atoms with Crippen LogP contribution in [0.5, 0.6) is 5.88 Å². The number of hydrogen-bond acceptors (Lipinski definition) is 4. The van der Waals surface area contributed by atoms with Gasteiger partial charge in [-0.1, -0.05) is 66.2 Å². The third-order valence-electron chi connectivity index (χ3n) is 6.11. The molecule has 0 fully saturated rings. The van der Waals surface area contributed by atoms with Crippen molar-refractivity contribution in [1.82, 2.24) is 14.5 Å². The zero-order valence-electron chi connectivity index (χ0n) is 19.9. The van der Waals surface area contributed by atoms with Crippen molar-refractivity contribution >= 4 is 28.6 Å². The summed E-state index contributed by atoms with van der Waals surface area (Å²) in [4.78, 5) is 20.0. The van der Waals surface area contributed by atoms with E-state index in [1.165, 1.54) is 6.07 Å².